The van der Waals surface area contributed by atoms with Gasteiger partial charge in [0.15, 0.2) is 0 Å². The van der Waals surface area contributed by atoms with Gasteiger partial charge in [-0.25, -0.2) is 0 Å². The van der Waals surface area contributed by atoms with Crippen LogP contribution in [0.15, 0.2) is 30.3 Å². The van der Waals surface area contributed by atoms with Crippen molar-refractivity contribution in [3.05, 3.63) is 35.9 Å². The van der Waals surface area contributed by atoms with Crippen LogP contribution < -0.4 is 11.1 Å². The first-order valence-electron chi connectivity index (χ1n) is 7.55. The van der Waals surface area contributed by atoms with Crippen molar-refractivity contribution in [2.45, 2.75) is 31.7 Å². The molecule has 1 aromatic carbocycles. The van der Waals surface area contributed by atoms with E-state index < -0.39 is 6.04 Å². The van der Waals surface area contributed by atoms with Gasteiger partial charge in [-0.1, -0.05) is 36.8 Å². The molecule has 0 saturated carbocycles. The van der Waals surface area contributed by atoms with Gasteiger partial charge in [0.25, 0.3) is 0 Å². The molecule has 1 aromatic rings. The van der Waals surface area contributed by atoms with Crippen LogP contribution in [0, 0.1) is 0 Å². The second kappa shape index (κ2) is 11.7. The standard InChI is InChI=1S/C16H25N3O.2ClH/c17-15(13-14-7-3-1-4-8-14)16(20)18-9-12-19-10-5-2-6-11-19;;/h1,3-4,7-8,15H,2,5-6,9-13,17H2,(H,18,20);2*1H/t15-;;/m0../s1. The minimum Gasteiger partial charge on any atom is -0.353 e. The maximum atomic E-state index is 11.9. The number of likely N-dealkylation sites (tertiary alicyclic amines) is 1. The predicted molar refractivity (Wildman–Crippen MR) is 95.9 cm³/mol. The summed E-state index contributed by atoms with van der Waals surface area (Å²) in [6, 6.07) is 9.45. The summed E-state index contributed by atoms with van der Waals surface area (Å²) >= 11 is 0. The van der Waals surface area contributed by atoms with Crippen LogP contribution in [0.4, 0.5) is 0 Å². The minimum atomic E-state index is -0.459. The summed E-state index contributed by atoms with van der Waals surface area (Å²) in [5, 5.41) is 2.94. The number of hydrogen-bond acceptors (Lipinski definition) is 3. The van der Waals surface area contributed by atoms with Crippen LogP contribution in [-0.2, 0) is 11.2 Å². The van der Waals surface area contributed by atoms with Gasteiger partial charge < -0.3 is 16.0 Å². The summed E-state index contributed by atoms with van der Waals surface area (Å²) < 4.78 is 0. The summed E-state index contributed by atoms with van der Waals surface area (Å²) in [5.74, 6) is -0.0501. The van der Waals surface area contributed by atoms with Gasteiger partial charge in [-0.15, -0.1) is 24.8 Å². The van der Waals surface area contributed by atoms with Gasteiger partial charge in [-0.05, 0) is 37.9 Å². The van der Waals surface area contributed by atoms with E-state index in [2.05, 4.69) is 10.2 Å². The van der Waals surface area contributed by atoms with E-state index in [9.17, 15) is 4.79 Å². The van der Waals surface area contributed by atoms with Crippen molar-refractivity contribution in [1.29, 1.82) is 0 Å². The van der Waals surface area contributed by atoms with Crippen molar-refractivity contribution in [1.82, 2.24) is 10.2 Å². The van der Waals surface area contributed by atoms with E-state index in [1.54, 1.807) is 0 Å². The fourth-order valence-electron chi connectivity index (χ4n) is 2.61. The summed E-state index contributed by atoms with van der Waals surface area (Å²) in [5.41, 5.74) is 7.05. The molecule has 0 radical (unpaired) electrons. The van der Waals surface area contributed by atoms with E-state index in [-0.39, 0.29) is 30.7 Å². The van der Waals surface area contributed by atoms with Crippen LogP contribution in [-0.4, -0.2) is 43.0 Å². The lowest BCUT2D eigenvalue weighted by Gasteiger charge is -2.26. The van der Waals surface area contributed by atoms with Gasteiger partial charge in [0.05, 0.1) is 6.04 Å². The molecule has 1 aliphatic heterocycles. The van der Waals surface area contributed by atoms with Gasteiger partial charge in [0.1, 0.15) is 0 Å². The number of hydrogen-bond donors (Lipinski definition) is 2. The fraction of sp³-hybridized carbons (Fsp3) is 0.562. The van der Waals surface area contributed by atoms with E-state index in [4.69, 9.17) is 5.73 Å². The molecule has 0 bridgehead atoms. The quantitative estimate of drug-likeness (QED) is 0.827. The van der Waals surface area contributed by atoms with E-state index in [1.807, 2.05) is 30.3 Å². The molecule has 1 aliphatic rings. The highest BCUT2D eigenvalue weighted by Crippen LogP contribution is 2.07. The second-order valence-electron chi connectivity index (χ2n) is 5.49. The fourth-order valence-corrected chi connectivity index (χ4v) is 2.61. The van der Waals surface area contributed by atoms with Crippen molar-refractivity contribution in [3.8, 4) is 0 Å². The zero-order chi connectivity index (χ0) is 14.2. The first-order valence-corrected chi connectivity index (χ1v) is 7.55. The van der Waals surface area contributed by atoms with Gasteiger partial charge in [0.2, 0.25) is 5.91 Å². The Morgan fingerprint density at radius 1 is 1.14 bits per heavy atom. The average molecular weight is 348 g/mol. The number of nitrogens with one attached hydrogen (secondary N) is 1. The number of nitrogens with two attached hydrogens (primary N) is 1. The summed E-state index contributed by atoms with van der Waals surface area (Å²) in [7, 11) is 0. The molecule has 0 aliphatic carbocycles. The molecule has 2 rings (SSSR count). The van der Waals surface area contributed by atoms with E-state index >= 15 is 0 Å². The van der Waals surface area contributed by atoms with Crippen LogP contribution in [0.2, 0.25) is 0 Å². The van der Waals surface area contributed by atoms with Crippen molar-refractivity contribution in [2.75, 3.05) is 26.2 Å². The first kappa shape index (κ1) is 21.2. The van der Waals surface area contributed by atoms with Gasteiger partial charge in [-0.3, -0.25) is 4.79 Å². The summed E-state index contributed by atoms with van der Waals surface area (Å²) in [4.78, 5) is 14.3. The van der Waals surface area contributed by atoms with Crippen LogP contribution in [0.5, 0.6) is 0 Å². The van der Waals surface area contributed by atoms with Crippen molar-refractivity contribution < 1.29 is 4.79 Å². The largest absolute Gasteiger partial charge is 0.353 e. The lowest BCUT2D eigenvalue weighted by atomic mass is 10.1. The Kier molecular flexibility index (Phi) is 11.3. The minimum absolute atomic E-state index is 0. The van der Waals surface area contributed by atoms with E-state index in [1.165, 1.54) is 19.3 Å². The van der Waals surface area contributed by atoms with Gasteiger partial charge in [-0.2, -0.15) is 0 Å². The molecule has 1 atom stereocenters. The third kappa shape index (κ3) is 7.45. The predicted octanol–water partition coefficient (Wildman–Crippen LogP) is 2.00. The van der Waals surface area contributed by atoms with Crippen molar-refractivity contribution in [2.24, 2.45) is 5.73 Å². The third-order valence-electron chi connectivity index (χ3n) is 3.81. The SMILES string of the molecule is Cl.Cl.N[C@@H](Cc1ccccc1)C(=O)NCCN1CCCCC1. The average Bonchev–Trinajstić information content (AvgIpc) is 2.49. The highest BCUT2D eigenvalue weighted by molar-refractivity contribution is 5.85. The van der Waals surface area contributed by atoms with Gasteiger partial charge in [0, 0.05) is 13.1 Å². The zero-order valence-corrected chi connectivity index (χ0v) is 14.5. The molecular weight excluding hydrogens is 321 g/mol. The molecule has 1 heterocycles. The molecule has 22 heavy (non-hydrogen) atoms. The number of carbonyl (C=O) groups is 1. The van der Waals surface area contributed by atoms with Crippen LogP contribution >= 0.6 is 24.8 Å². The molecule has 6 heteroatoms. The highest BCUT2D eigenvalue weighted by Gasteiger charge is 2.14. The number of halogens is 2. The van der Waals surface area contributed by atoms with Crippen LogP contribution in [0.1, 0.15) is 24.8 Å². The zero-order valence-electron chi connectivity index (χ0n) is 12.9. The maximum absolute atomic E-state index is 11.9. The molecule has 0 aromatic heterocycles. The molecule has 1 fully saturated rings. The Labute approximate surface area is 145 Å². The Hall–Kier alpha value is -0.810. The highest BCUT2D eigenvalue weighted by atomic mass is 35.5. The van der Waals surface area contributed by atoms with Crippen molar-refractivity contribution >= 4 is 30.7 Å². The van der Waals surface area contributed by atoms with E-state index in [0.29, 0.717) is 13.0 Å². The topological polar surface area (TPSA) is 58.4 Å². The second-order valence-corrected chi connectivity index (χ2v) is 5.49. The number of nitrogens with zero attached hydrogens (tertiary/aromatic N) is 1. The third-order valence-corrected chi connectivity index (χ3v) is 3.81. The smallest absolute Gasteiger partial charge is 0.237 e. The number of benzene rings is 1. The molecule has 126 valence electrons. The Bertz CT molecular complexity index is 411. The molecule has 0 unspecified atom stereocenters. The first-order chi connectivity index (χ1) is 9.75. The summed E-state index contributed by atoms with van der Waals surface area (Å²) in [6.07, 6.45) is 4.49. The number of piperidine rings is 1. The Morgan fingerprint density at radius 2 is 1.77 bits per heavy atom. The number of rotatable bonds is 6. The van der Waals surface area contributed by atoms with Crippen molar-refractivity contribution in [3.63, 3.8) is 0 Å². The summed E-state index contributed by atoms with van der Waals surface area (Å²) in [6.45, 7) is 3.95. The molecule has 4 nitrogen and oxygen atoms in total. The van der Waals surface area contributed by atoms with Crippen LogP contribution in [0.25, 0.3) is 0 Å². The molecule has 1 amide bonds. The number of carbonyl (C=O) groups excluding carboxylic acids is 1. The Morgan fingerprint density at radius 3 is 2.41 bits per heavy atom. The van der Waals surface area contributed by atoms with Crippen LogP contribution in [0.3, 0.4) is 0 Å². The lowest BCUT2D eigenvalue weighted by molar-refractivity contribution is -0.122. The van der Waals surface area contributed by atoms with Gasteiger partial charge >= 0.3 is 0 Å². The Balaban J connectivity index is 0.00000220. The monoisotopic (exact) mass is 347 g/mol. The molecule has 0 spiro atoms. The lowest BCUT2D eigenvalue weighted by Crippen LogP contribution is -2.45. The normalized spacial score (nSPS) is 16.0. The molecular formula is C16H27Cl2N3O. The van der Waals surface area contributed by atoms with E-state index in [0.717, 1.165) is 25.2 Å². The maximum Gasteiger partial charge on any atom is 0.237 e. The molecule has 1 saturated heterocycles. The number of amides is 1. The molecule has 3 N–H and O–H groups in total.